The Balaban J connectivity index is 1.79. The molecular formula is C28H28N4. The van der Waals surface area contributed by atoms with Gasteiger partial charge in [-0.2, -0.15) is 0 Å². The molecule has 2 aliphatic rings. The standard InChI is InChI=1S/C28H28N4/c1-19(2)15-24(17-30-3)25-9-6-10-26(31-28(25)27(29)20-11-12-20)22-8-5-7-21(16-22)23-13-14-32(4)18-23/h5-9,13-18,20,29H,1,11-12H2,2-4H3/b24-15+,29-27?,30-17?. The summed E-state index contributed by atoms with van der Waals surface area (Å²) in [6.45, 7) is 5.98. The molecule has 1 saturated carbocycles. The van der Waals surface area contributed by atoms with Crippen LogP contribution in [0.1, 0.15) is 25.3 Å². The minimum atomic E-state index is 0.275. The number of aromatic nitrogens is 1. The fourth-order valence-corrected chi connectivity index (χ4v) is 3.75. The lowest BCUT2D eigenvalue weighted by Crippen LogP contribution is -2.19. The zero-order valence-corrected chi connectivity index (χ0v) is 18.9. The van der Waals surface area contributed by atoms with E-state index in [9.17, 15) is 0 Å². The lowest BCUT2D eigenvalue weighted by molar-refractivity contribution is 0.928. The van der Waals surface area contributed by atoms with E-state index in [4.69, 9.17) is 10.4 Å². The van der Waals surface area contributed by atoms with E-state index >= 15 is 0 Å². The number of rotatable bonds is 7. The summed E-state index contributed by atoms with van der Waals surface area (Å²) in [6.07, 6.45) is 13.9. The molecule has 0 saturated heterocycles. The van der Waals surface area contributed by atoms with Crippen molar-refractivity contribution in [3.8, 4) is 11.1 Å². The summed E-state index contributed by atoms with van der Waals surface area (Å²) < 4.78 is 2.04. The molecule has 1 aromatic heterocycles. The first-order valence-corrected chi connectivity index (χ1v) is 10.8. The molecule has 1 aliphatic carbocycles. The Morgan fingerprint density at radius 1 is 1.25 bits per heavy atom. The van der Waals surface area contributed by atoms with Crippen LogP contribution in [0.25, 0.3) is 16.8 Å². The smallest absolute Gasteiger partial charge is 0.113 e. The van der Waals surface area contributed by atoms with Gasteiger partial charge in [0.15, 0.2) is 0 Å². The molecule has 32 heavy (non-hydrogen) atoms. The zero-order valence-electron chi connectivity index (χ0n) is 18.9. The maximum absolute atomic E-state index is 8.84. The van der Waals surface area contributed by atoms with Crippen LogP contribution in [0, 0.1) is 11.3 Å². The van der Waals surface area contributed by atoms with Gasteiger partial charge in [0.05, 0.1) is 11.4 Å². The maximum Gasteiger partial charge on any atom is 0.113 e. The Morgan fingerprint density at radius 3 is 2.69 bits per heavy atom. The van der Waals surface area contributed by atoms with Gasteiger partial charge in [-0.25, -0.2) is 4.99 Å². The lowest BCUT2D eigenvalue weighted by Gasteiger charge is -2.13. The molecule has 0 radical (unpaired) electrons. The van der Waals surface area contributed by atoms with E-state index in [1.165, 1.54) is 0 Å². The molecule has 2 heterocycles. The van der Waals surface area contributed by atoms with Crippen molar-refractivity contribution in [1.29, 1.82) is 5.41 Å². The summed E-state index contributed by atoms with van der Waals surface area (Å²) >= 11 is 0. The van der Waals surface area contributed by atoms with E-state index in [0.717, 1.165) is 51.9 Å². The predicted molar refractivity (Wildman–Crippen MR) is 136 cm³/mol. The van der Waals surface area contributed by atoms with Gasteiger partial charge in [0.1, 0.15) is 5.70 Å². The lowest BCUT2D eigenvalue weighted by atomic mass is 9.94. The van der Waals surface area contributed by atoms with Gasteiger partial charge in [-0.3, -0.25) is 4.99 Å². The van der Waals surface area contributed by atoms with Crippen molar-refractivity contribution in [2.24, 2.45) is 23.0 Å². The summed E-state index contributed by atoms with van der Waals surface area (Å²) in [5.74, 6) is 0.275. The van der Waals surface area contributed by atoms with E-state index < -0.39 is 0 Å². The van der Waals surface area contributed by atoms with Crippen LogP contribution < -0.4 is 0 Å². The van der Waals surface area contributed by atoms with Crippen molar-refractivity contribution in [3.05, 3.63) is 95.5 Å². The van der Waals surface area contributed by atoms with Crippen LogP contribution in [0.15, 0.2) is 100.0 Å². The molecule has 4 rings (SSSR count). The van der Waals surface area contributed by atoms with Crippen LogP contribution in [0.3, 0.4) is 0 Å². The third-order valence-corrected chi connectivity index (χ3v) is 5.47. The molecule has 4 heteroatoms. The Morgan fingerprint density at radius 2 is 2.03 bits per heavy atom. The molecule has 0 spiro atoms. The summed E-state index contributed by atoms with van der Waals surface area (Å²) in [5, 5.41) is 8.84. The van der Waals surface area contributed by atoms with E-state index in [-0.39, 0.29) is 5.92 Å². The van der Waals surface area contributed by atoms with Crippen molar-refractivity contribution in [3.63, 3.8) is 0 Å². The van der Waals surface area contributed by atoms with Crippen molar-refractivity contribution >= 4 is 23.3 Å². The first-order chi connectivity index (χ1) is 15.5. The molecule has 4 nitrogen and oxygen atoms in total. The SMILES string of the molecule is C=C(C)/C=C(\C=NC)C1=CC=C=C(c2cccc(-c3ccn(C)c3)c2)N=C1C(=N)C1CC1. The van der Waals surface area contributed by atoms with Crippen LogP contribution in [0.2, 0.25) is 0 Å². The van der Waals surface area contributed by atoms with Crippen LogP contribution in [-0.2, 0) is 7.05 Å². The van der Waals surface area contributed by atoms with Crippen molar-refractivity contribution in [2.75, 3.05) is 7.05 Å². The third-order valence-electron chi connectivity index (χ3n) is 5.47. The Kier molecular flexibility index (Phi) is 6.16. The highest BCUT2D eigenvalue weighted by molar-refractivity contribution is 6.50. The van der Waals surface area contributed by atoms with Gasteiger partial charge >= 0.3 is 0 Å². The molecule has 1 aliphatic heterocycles. The molecule has 0 bridgehead atoms. The highest BCUT2D eigenvalue weighted by atomic mass is 14.9. The fraction of sp³-hybridized carbons (Fsp3) is 0.214. The van der Waals surface area contributed by atoms with Crippen LogP contribution in [-0.4, -0.2) is 29.3 Å². The number of hydrogen-bond acceptors (Lipinski definition) is 3. The van der Waals surface area contributed by atoms with Crippen molar-refractivity contribution in [2.45, 2.75) is 19.8 Å². The number of allylic oxidation sites excluding steroid dienone is 6. The summed E-state index contributed by atoms with van der Waals surface area (Å²) in [4.78, 5) is 9.23. The quantitative estimate of drug-likeness (QED) is 0.315. The highest BCUT2D eigenvalue weighted by Gasteiger charge is 2.32. The van der Waals surface area contributed by atoms with Crippen LogP contribution >= 0.6 is 0 Å². The van der Waals surface area contributed by atoms with Crippen molar-refractivity contribution in [1.82, 2.24) is 4.57 Å². The normalized spacial score (nSPS) is 16.5. The van der Waals surface area contributed by atoms with Gasteiger partial charge in [-0.1, -0.05) is 42.2 Å². The topological polar surface area (TPSA) is 53.5 Å². The Labute approximate surface area is 189 Å². The zero-order chi connectivity index (χ0) is 22.7. The second kappa shape index (κ2) is 9.17. The molecule has 0 atom stereocenters. The van der Waals surface area contributed by atoms with Crippen LogP contribution in [0.4, 0.5) is 0 Å². The van der Waals surface area contributed by atoms with E-state index in [1.807, 2.05) is 61.3 Å². The molecule has 1 fully saturated rings. The van der Waals surface area contributed by atoms with E-state index in [1.54, 1.807) is 7.05 Å². The van der Waals surface area contributed by atoms with Gasteiger partial charge in [0.2, 0.25) is 0 Å². The first-order valence-electron chi connectivity index (χ1n) is 10.8. The first kappa shape index (κ1) is 21.5. The molecule has 0 amide bonds. The predicted octanol–water partition coefficient (Wildman–Crippen LogP) is 6.20. The third kappa shape index (κ3) is 4.77. The van der Waals surface area contributed by atoms with Crippen molar-refractivity contribution < 1.29 is 0 Å². The van der Waals surface area contributed by atoms with Gasteiger partial charge in [0.25, 0.3) is 0 Å². The van der Waals surface area contributed by atoms with Gasteiger partial charge in [-0.05, 0) is 55.2 Å². The Hall–Kier alpha value is -3.75. The second-order valence-corrected chi connectivity index (χ2v) is 8.37. The number of aryl methyl sites for hydroxylation is 1. The van der Waals surface area contributed by atoms with Gasteiger partial charge < -0.3 is 9.98 Å². The average Bonchev–Trinajstić information content (AvgIpc) is 3.56. The van der Waals surface area contributed by atoms with E-state index in [0.29, 0.717) is 11.4 Å². The average molecular weight is 421 g/mol. The van der Waals surface area contributed by atoms with Gasteiger partial charge in [-0.15, -0.1) is 0 Å². The number of aliphatic imine (C=N–C) groups is 2. The molecule has 1 N–H and O–H groups in total. The molecular weight excluding hydrogens is 392 g/mol. The summed E-state index contributed by atoms with van der Waals surface area (Å²) in [7, 11) is 3.77. The minimum absolute atomic E-state index is 0.275. The minimum Gasteiger partial charge on any atom is -0.357 e. The molecule has 0 unspecified atom stereocenters. The fourth-order valence-electron chi connectivity index (χ4n) is 3.75. The number of hydrogen-bond donors (Lipinski definition) is 1. The van der Waals surface area contributed by atoms with E-state index in [2.05, 4.69) is 41.7 Å². The molecule has 160 valence electrons. The maximum atomic E-state index is 8.84. The summed E-state index contributed by atoms with van der Waals surface area (Å²) in [6, 6.07) is 10.4. The van der Waals surface area contributed by atoms with Crippen LogP contribution in [0.5, 0.6) is 0 Å². The second-order valence-electron chi connectivity index (χ2n) is 8.37. The summed E-state index contributed by atoms with van der Waals surface area (Å²) in [5.41, 5.74) is 11.3. The number of benzene rings is 1. The number of nitrogens with one attached hydrogen (secondary N) is 1. The number of nitrogens with zero attached hydrogens (tertiary/aromatic N) is 3. The Bertz CT molecular complexity index is 1270. The molecule has 2 aromatic rings. The molecule has 1 aromatic carbocycles. The van der Waals surface area contributed by atoms with Gasteiger partial charge in [0, 0.05) is 55.3 Å². The largest absolute Gasteiger partial charge is 0.357 e. The highest BCUT2D eigenvalue weighted by Crippen LogP contribution is 2.34. The monoisotopic (exact) mass is 420 g/mol.